The molecule has 6 aromatic rings. The van der Waals surface area contributed by atoms with Gasteiger partial charge in [0.2, 0.25) is 5.82 Å². The average molecular weight is 504 g/mol. The Bertz CT molecular complexity index is 1810. The predicted octanol–water partition coefficient (Wildman–Crippen LogP) is 6.85. The molecule has 2 heterocycles. The lowest BCUT2D eigenvalue weighted by Gasteiger charge is -2.07. The van der Waals surface area contributed by atoms with Gasteiger partial charge in [0.15, 0.2) is 5.76 Å². The number of hydrogen-bond acceptors (Lipinski definition) is 6. The van der Waals surface area contributed by atoms with Crippen molar-refractivity contribution >= 4 is 39.8 Å². The second-order valence-electron chi connectivity index (χ2n) is 8.28. The van der Waals surface area contributed by atoms with E-state index in [1.165, 1.54) is 9.57 Å². The number of methoxy groups -OCH3 is 1. The van der Waals surface area contributed by atoms with Gasteiger partial charge in [-0.3, -0.25) is 4.79 Å². The van der Waals surface area contributed by atoms with Crippen LogP contribution in [0.25, 0.3) is 33.5 Å². The number of furan rings is 1. The summed E-state index contributed by atoms with van der Waals surface area (Å²) in [5.41, 5.74) is 1.79. The van der Waals surface area contributed by atoms with Crippen LogP contribution in [-0.4, -0.2) is 23.0 Å². The monoisotopic (exact) mass is 503 g/mol. The number of nitrogens with zero attached hydrogens (tertiary/aromatic N) is 3. The zero-order valence-electron chi connectivity index (χ0n) is 19.9. The fraction of sp³-hybridized carbons (Fsp3) is 0.0333. The fourth-order valence-electron chi connectivity index (χ4n) is 4.08. The van der Waals surface area contributed by atoms with E-state index in [2.05, 4.69) is 17.2 Å². The lowest BCUT2D eigenvalue weighted by atomic mass is 10.2. The summed E-state index contributed by atoms with van der Waals surface area (Å²) < 4.78 is 12.9. The number of para-hydroxylation sites is 1. The molecular formula is C30H21N3O3S. The molecule has 6 rings (SSSR count). The first kappa shape index (κ1) is 22.8. The molecule has 0 atom stereocenters. The maximum absolute atomic E-state index is 13.5. The van der Waals surface area contributed by atoms with Gasteiger partial charge in [0.1, 0.15) is 11.3 Å². The molecule has 0 aliphatic carbocycles. The number of ether oxygens (including phenoxy) is 1. The van der Waals surface area contributed by atoms with Gasteiger partial charge in [-0.25, -0.2) is 4.98 Å². The van der Waals surface area contributed by atoms with Gasteiger partial charge >= 0.3 is 0 Å². The molecule has 0 aliphatic rings. The van der Waals surface area contributed by atoms with Gasteiger partial charge in [-0.2, -0.15) is 9.78 Å². The normalized spacial score (nSPS) is 11.5. The Labute approximate surface area is 216 Å². The van der Waals surface area contributed by atoms with Gasteiger partial charge in [-0.05, 0) is 60.2 Å². The second kappa shape index (κ2) is 9.79. The molecule has 180 valence electrons. The van der Waals surface area contributed by atoms with Gasteiger partial charge < -0.3 is 9.15 Å². The Hall–Kier alpha value is -4.62. The molecule has 0 saturated heterocycles. The van der Waals surface area contributed by atoms with E-state index in [4.69, 9.17) is 14.1 Å². The Kier molecular flexibility index (Phi) is 6.04. The van der Waals surface area contributed by atoms with Gasteiger partial charge in [0.05, 0.1) is 29.6 Å². The lowest BCUT2D eigenvalue weighted by molar-refractivity contribution is 0.419. The first-order chi connectivity index (χ1) is 18.2. The summed E-state index contributed by atoms with van der Waals surface area (Å²) in [6.07, 6.45) is 1.65. The molecule has 0 radical (unpaired) electrons. The Morgan fingerprint density at radius 3 is 2.43 bits per heavy atom. The molecular weight excluding hydrogens is 482 g/mol. The summed E-state index contributed by atoms with van der Waals surface area (Å²) in [6.45, 7) is 0. The molecule has 0 spiro atoms. The minimum absolute atomic E-state index is 0.277. The van der Waals surface area contributed by atoms with E-state index in [0.717, 1.165) is 15.8 Å². The fourth-order valence-corrected chi connectivity index (χ4v) is 4.92. The van der Waals surface area contributed by atoms with Crippen LogP contribution in [0.15, 0.2) is 127 Å². The minimum Gasteiger partial charge on any atom is -0.496 e. The highest BCUT2D eigenvalue weighted by atomic mass is 32.2. The van der Waals surface area contributed by atoms with Gasteiger partial charge in [-0.1, -0.05) is 60.3 Å². The van der Waals surface area contributed by atoms with Crippen LogP contribution < -0.4 is 10.3 Å². The maximum Gasteiger partial charge on any atom is 0.282 e. The van der Waals surface area contributed by atoms with E-state index in [1.54, 1.807) is 37.2 Å². The highest BCUT2D eigenvalue weighted by Gasteiger charge is 2.17. The van der Waals surface area contributed by atoms with Gasteiger partial charge in [0, 0.05) is 9.79 Å². The highest BCUT2D eigenvalue weighted by molar-refractivity contribution is 7.99. The summed E-state index contributed by atoms with van der Waals surface area (Å²) in [4.78, 5) is 20.5. The van der Waals surface area contributed by atoms with Crippen LogP contribution in [0.1, 0.15) is 5.56 Å². The molecule has 37 heavy (non-hydrogen) atoms. The van der Waals surface area contributed by atoms with Crippen LogP contribution >= 0.6 is 11.8 Å². The molecule has 7 heteroatoms. The molecule has 0 N–H and O–H groups in total. The Balaban J connectivity index is 1.41. The van der Waals surface area contributed by atoms with Gasteiger partial charge in [-0.15, -0.1) is 0 Å². The van der Waals surface area contributed by atoms with E-state index in [-0.39, 0.29) is 5.56 Å². The summed E-state index contributed by atoms with van der Waals surface area (Å²) in [5.74, 6) is 1.42. The van der Waals surface area contributed by atoms with Crippen LogP contribution in [0.5, 0.6) is 5.75 Å². The molecule has 0 unspecified atom stereocenters. The molecule has 4 aromatic carbocycles. The number of fused-ring (bicyclic) bond motifs is 2. The number of hydrogen-bond donors (Lipinski definition) is 0. The van der Waals surface area contributed by atoms with Gasteiger partial charge in [0.25, 0.3) is 5.56 Å². The molecule has 0 amide bonds. The largest absolute Gasteiger partial charge is 0.496 e. The molecule has 0 aliphatic heterocycles. The Morgan fingerprint density at radius 2 is 1.62 bits per heavy atom. The Morgan fingerprint density at radius 1 is 0.865 bits per heavy atom. The van der Waals surface area contributed by atoms with E-state index in [9.17, 15) is 4.79 Å². The quantitative estimate of drug-likeness (QED) is 0.233. The van der Waals surface area contributed by atoms with E-state index >= 15 is 0 Å². The first-order valence-corrected chi connectivity index (χ1v) is 12.5. The summed E-state index contributed by atoms with van der Waals surface area (Å²) in [6, 6.07) is 32.8. The summed E-state index contributed by atoms with van der Waals surface area (Å²) >= 11 is 1.69. The lowest BCUT2D eigenvalue weighted by Crippen LogP contribution is -2.20. The molecule has 0 fully saturated rings. The minimum atomic E-state index is -0.277. The van der Waals surface area contributed by atoms with Crippen molar-refractivity contribution in [2.24, 2.45) is 5.10 Å². The third-order valence-corrected chi connectivity index (χ3v) is 6.91. The standard InChI is InChI=1S/C30H21N3O3S/c1-35-26-12-7-13-27-24(26)18-28(36-27)29-32-25-11-6-5-10-23(25)30(34)33(29)31-19-20-14-16-22(17-15-20)37-21-8-3-2-4-9-21/h2-19H,1H3. The molecule has 6 nitrogen and oxygen atoms in total. The van der Waals surface area contributed by atoms with E-state index in [0.29, 0.717) is 33.8 Å². The maximum atomic E-state index is 13.5. The van der Waals surface area contributed by atoms with Crippen molar-refractivity contribution in [3.8, 4) is 17.3 Å². The van der Waals surface area contributed by atoms with E-state index < -0.39 is 0 Å². The highest BCUT2D eigenvalue weighted by Crippen LogP contribution is 2.33. The van der Waals surface area contributed by atoms with Crippen molar-refractivity contribution in [3.63, 3.8) is 0 Å². The molecule has 0 bridgehead atoms. The SMILES string of the molecule is COc1cccc2oc(-c3nc4ccccc4c(=O)n3N=Cc3ccc(Sc4ccccc4)cc3)cc12. The summed E-state index contributed by atoms with van der Waals surface area (Å²) in [5, 5.41) is 5.82. The smallest absolute Gasteiger partial charge is 0.282 e. The number of aromatic nitrogens is 2. The van der Waals surface area contributed by atoms with Crippen molar-refractivity contribution in [2.75, 3.05) is 7.11 Å². The van der Waals surface area contributed by atoms with E-state index in [1.807, 2.05) is 78.9 Å². The van der Waals surface area contributed by atoms with Crippen molar-refractivity contribution in [1.29, 1.82) is 0 Å². The third kappa shape index (κ3) is 4.52. The van der Waals surface area contributed by atoms with Crippen molar-refractivity contribution in [3.05, 3.63) is 119 Å². The van der Waals surface area contributed by atoms with Crippen molar-refractivity contribution in [2.45, 2.75) is 9.79 Å². The first-order valence-electron chi connectivity index (χ1n) is 11.7. The second-order valence-corrected chi connectivity index (χ2v) is 9.43. The zero-order valence-corrected chi connectivity index (χ0v) is 20.7. The topological polar surface area (TPSA) is 69.6 Å². The van der Waals surface area contributed by atoms with Crippen LogP contribution in [0, 0.1) is 0 Å². The zero-order chi connectivity index (χ0) is 25.2. The third-order valence-electron chi connectivity index (χ3n) is 5.90. The molecule has 2 aromatic heterocycles. The number of benzene rings is 4. The van der Waals surface area contributed by atoms with Crippen LogP contribution in [0.2, 0.25) is 0 Å². The average Bonchev–Trinajstić information content (AvgIpc) is 3.38. The van der Waals surface area contributed by atoms with Crippen molar-refractivity contribution in [1.82, 2.24) is 9.66 Å². The van der Waals surface area contributed by atoms with Crippen LogP contribution in [0.4, 0.5) is 0 Å². The molecule has 0 saturated carbocycles. The van der Waals surface area contributed by atoms with Crippen LogP contribution in [-0.2, 0) is 0 Å². The summed E-state index contributed by atoms with van der Waals surface area (Å²) in [7, 11) is 1.61. The van der Waals surface area contributed by atoms with Crippen LogP contribution in [0.3, 0.4) is 0 Å². The number of rotatable bonds is 6. The predicted molar refractivity (Wildman–Crippen MR) is 148 cm³/mol. The van der Waals surface area contributed by atoms with Crippen molar-refractivity contribution < 1.29 is 9.15 Å².